The SMILES string of the molecule is CNS(=O)(=O)N1CCC(O)C(C)C1. The van der Waals surface area contributed by atoms with E-state index in [1.165, 1.54) is 11.4 Å². The van der Waals surface area contributed by atoms with E-state index >= 15 is 0 Å². The Morgan fingerprint density at radius 1 is 1.54 bits per heavy atom. The molecule has 0 aromatic carbocycles. The van der Waals surface area contributed by atoms with Gasteiger partial charge in [-0.3, -0.25) is 0 Å². The zero-order valence-corrected chi connectivity index (χ0v) is 8.71. The number of piperidine rings is 1. The van der Waals surface area contributed by atoms with E-state index in [4.69, 9.17) is 0 Å². The Bertz CT molecular complexity index is 265. The molecule has 2 atom stereocenters. The van der Waals surface area contributed by atoms with Crippen LogP contribution in [0, 0.1) is 5.92 Å². The van der Waals surface area contributed by atoms with Crippen LogP contribution in [0.1, 0.15) is 13.3 Å². The first-order valence-corrected chi connectivity index (χ1v) is 5.78. The number of hydrogen-bond acceptors (Lipinski definition) is 3. The van der Waals surface area contributed by atoms with Gasteiger partial charge in [0.2, 0.25) is 0 Å². The molecule has 0 amide bonds. The van der Waals surface area contributed by atoms with Crippen LogP contribution in [0.25, 0.3) is 0 Å². The maximum atomic E-state index is 11.3. The number of rotatable bonds is 2. The summed E-state index contributed by atoms with van der Waals surface area (Å²) in [6.45, 7) is 2.64. The molecular formula is C7H16N2O3S. The van der Waals surface area contributed by atoms with E-state index in [1.807, 2.05) is 6.92 Å². The monoisotopic (exact) mass is 208 g/mol. The Morgan fingerprint density at radius 2 is 2.15 bits per heavy atom. The molecule has 13 heavy (non-hydrogen) atoms. The Balaban J connectivity index is 2.66. The van der Waals surface area contributed by atoms with Crippen molar-refractivity contribution in [1.82, 2.24) is 9.03 Å². The van der Waals surface area contributed by atoms with Crippen LogP contribution in [-0.2, 0) is 10.2 Å². The Hall–Kier alpha value is -0.170. The van der Waals surface area contributed by atoms with Crippen LogP contribution < -0.4 is 4.72 Å². The zero-order chi connectivity index (χ0) is 10.1. The highest BCUT2D eigenvalue weighted by atomic mass is 32.2. The summed E-state index contributed by atoms with van der Waals surface area (Å²) in [6.07, 6.45) is 0.144. The molecule has 0 aromatic rings. The van der Waals surface area contributed by atoms with Gasteiger partial charge in [-0.1, -0.05) is 6.92 Å². The second-order valence-corrected chi connectivity index (χ2v) is 5.28. The van der Waals surface area contributed by atoms with Crippen molar-refractivity contribution in [2.24, 2.45) is 5.92 Å². The van der Waals surface area contributed by atoms with Gasteiger partial charge in [0.05, 0.1) is 6.10 Å². The van der Waals surface area contributed by atoms with Gasteiger partial charge >= 0.3 is 0 Å². The van der Waals surface area contributed by atoms with Crippen LogP contribution in [0.2, 0.25) is 0 Å². The number of aliphatic hydroxyl groups is 1. The standard InChI is InChI=1S/C7H16N2O3S/c1-6-5-9(4-3-7(6)10)13(11,12)8-2/h6-8,10H,3-5H2,1-2H3. The molecule has 1 rings (SSSR count). The number of nitrogens with one attached hydrogen (secondary N) is 1. The van der Waals surface area contributed by atoms with E-state index in [1.54, 1.807) is 0 Å². The summed E-state index contributed by atoms with van der Waals surface area (Å²) in [7, 11) is -1.91. The lowest BCUT2D eigenvalue weighted by Gasteiger charge is -2.32. The Labute approximate surface area is 78.9 Å². The van der Waals surface area contributed by atoms with E-state index in [9.17, 15) is 13.5 Å². The van der Waals surface area contributed by atoms with Crippen LogP contribution in [-0.4, -0.2) is 44.1 Å². The van der Waals surface area contributed by atoms with Gasteiger partial charge in [-0.05, 0) is 12.3 Å². The molecule has 2 unspecified atom stereocenters. The maximum absolute atomic E-state index is 11.3. The topological polar surface area (TPSA) is 69.6 Å². The fourth-order valence-electron chi connectivity index (χ4n) is 1.44. The summed E-state index contributed by atoms with van der Waals surface area (Å²) < 4.78 is 26.3. The molecule has 0 aromatic heterocycles. The minimum Gasteiger partial charge on any atom is -0.393 e. The molecule has 5 nitrogen and oxygen atoms in total. The molecule has 1 heterocycles. The first kappa shape index (κ1) is 10.9. The predicted octanol–water partition coefficient (Wildman–Crippen LogP) is -0.847. The molecule has 1 saturated heterocycles. The molecule has 0 spiro atoms. The number of nitrogens with zero attached hydrogens (tertiary/aromatic N) is 1. The third-order valence-electron chi connectivity index (χ3n) is 2.42. The van der Waals surface area contributed by atoms with Crippen molar-refractivity contribution in [3.8, 4) is 0 Å². The van der Waals surface area contributed by atoms with Gasteiger partial charge < -0.3 is 5.11 Å². The highest BCUT2D eigenvalue weighted by molar-refractivity contribution is 7.87. The number of aliphatic hydroxyl groups excluding tert-OH is 1. The Morgan fingerprint density at radius 3 is 2.62 bits per heavy atom. The van der Waals surface area contributed by atoms with Crippen LogP contribution >= 0.6 is 0 Å². The van der Waals surface area contributed by atoms with Crippen LogP contribution in [0.3, 0.4) is 0 Å². The van der Waals surface area contributed by atoms with Crippen molar-refractivity contribution >= 4 is 10.2 Å². The lowest BCUT2D eigenvalue weighted by Crippen LogP contribution is -2.48. The second-order valence-electron chi connectivity index (χ2n) is 3.40. The number of hydrogen-bond donors (Lipinski definition) is 2. The van der Waals surface area contributed by atoms with Gasteiger partial charge in [0, 0.05) is 20.1 Å². The third kappa shape index (κ3) is 2.40. The molecule has 78 valence electrons. The molecule has 0 bridgehead atoms. The van der Waals surface area contributed by atoms with Crippen molar-refractivity contribution in [3.05, 3.63) is 0 Å². The molecule has 1 fully saturated rings. The molecule has 1 aliphatic rings. The quantitative estimate of drug-likeness (QED) is 0.621. The van der Waals surface area contributed by atoms with Crippen molar-refractivity contribution in [1.29, 1.82) is 0 Å². The van der Waals surface area contributed by atoms with Crippen molar-refractivity contribution < 1.29 is 13.5 Å². The summed E-state index contributed by atoms with van der Waals surface area (Å²) in [5, 5.41) is 9.39. The molecule has 0 radical (unpaired) electrons. The zero-order valence-electron chi connectivity index (χ0n) is 7.90. The van der Waals surface area contributed by atoms with Crippen LogP contribution in [0.15, 0.2) is 0 Å². The summed E-state index contributed by atoms with van der Waals surface area (Å²) in [5.74, 6) is 0.0110. The van der Waals surface area contributed by atoms with Gasteiger partial charge in [0.15, 0.2) is 0 Å². The normalized spacial score (nSPS) is 31.9. The first-order chi connectivity index (χ1) is 5.97. The molecule has 1 aliphatic heterocycles. The highest BCUT2D eigenvalue weighted by Crippen LogP contribution is 2.18. The van der Waals surface area contributed by atoms with E-state index < -0.39 is 10.2 Å². The highest BCUT2D eigenvalue weighted by Gasteiger charge is 2.30. The van der Waals surface area contributed by atoms with E-state index in [2.05, 4.69) is 4.72 Å². The smallest absolute Gasteiger partial charge is 0.279 e. The average Bonchev–Trinajstić information content (AvgIpc) is 2.09. The van der Waals surface area contributed by atoms with Crippen LogP contribution in [0.5, 0.6) is 0 Å². The van der Waals surface area contributed by atoms with E-state index in [-0.39, 0.29) is 12.0 Å². The molecular weight excluding hydrogens is 192 g/mol. The summed E-state index contributed by atoms with van der Waals surface area (Å²) in [6, 6.07) is 0. The van der Waals surface area contributed by atoms with Crippen molar-refractivity contribution in [3.63, 3.8) is 0 Å². The Kier molecular flexibility index (Phi) is 3.28. The molecule has 2 N–H and O–H groups in total. The fourth-order valence-corrected chi connectivity index (χ4v) is 2.48. The largest absolute Gasteiger partial charge is 0.393 e. The van der Waals surface area contributed by atoms with Crippen LogP contribution in [0.4, 0.5) is 0 Å². The fraction of sp³-hybridized carbons (Fsp3) is 1.00. The third-order valence-corrected chi connectivity index (χ3v) is 3.95. The lowest BCUT2D eigenvalue weighted by atomic mass is 9.99. The molecule has 0 saturated carbocycles. The summed E-state index contributed by atoms with van der Waals surface area (Å²) in [5.41, 5.74) is 0. The van der Waals surface area contributed by atoms with Gasteiger partial charge in [-0.15, -0.1) is 0 Å². The van der Waals surface area contributed by atoms with Gasteiger partial charge in [0.25, 0.3) is 10.2 Å². The average molecular weight is 208 g/mol. The van der Waals surface area contributed by atoms with Crippen molar-refractivity contribution in [2.45, 2.75) is 19.4 Å². The molecule has 0 aliphatic carbocycles. The van der Waals surface area contributed by atoms with Gasteiger partial charge in [-0.25, -0.2) is 4.72 Å². The predicted molar refractivity (Wildman–Crippen MR) is 49.3 cm³/mol. The van der Waals surface area contributed by atoms with E-state index in [0.717, 1.165) is 0 Å². The van der Waals surface area contributed by atoms with Gasteiger partial charge in [0.1, 0.15) is 0 Å². The lowest BCUT2D eigenvalue weighted by molar-refractivity contribution is 0.0626. The first-order valence-electron chi connectivity index (χ1n) is 4.34. The maximum Gasteiger partial charge on any atom is 0.279 e. The van der Waals surface area contributed by atoms with Gasteiger partial charge in [-0.2, -0.15) is 12.7 Å². The second kappa shape index (κ2) is 3.91. The summed E-state index contributed by atoms with van der Waals surface area (Å²) >= 11 is 0. The van der Waals surface area contributed by atoms with E-state index in [0.29, 0.717) is 19.5 Å². The summed E-state index contributed by atoms with van der Waals surface area (Å²) in [4.78, 5) is 0. The molecule has 6 heteroatoms. The minimum absolute atomic E-state index is 0.0110. The minimum atomic E-state index is -3.31. The van der Waals surface area contributed by atoms with Crippen molar-refractivity contribution in [2.75, 3.05) is 20.1 Å².